The van der Waals surface area contributed by atoms with Crippen LogP contribution in [0.1, 0.15) is 119 Å². The molecule has 6 aliphatic rings. The number of piperidine rings is 1. The van der Waals surface area contributed by atoms with E-state index >= 15 is 8.78 Å². The van der Waals surface area contributed by atoms with Gasteiger partial charge in [-0.05, 0) is 98.0 Å². The molecule has 1 unspecified atom stereocenters. The quantitative estimate of drug-likeness (QED) is 0.166. The van der Waals surface area contributed by atoms with E-state index in [4.69, 9.17) is 9.84 Å². The maximum Gasteiger partial charge on any atom is 0.264 e. The number of amides is 5. The molecule has 1 N–H and O–H groups in total. The van der Waals surface area contributed by atoms with Crippen molar-refractivity contribution in [1.29, 1.82) is 0 Å². The van der Waals surface area contributed by atoms with Crippen LogP contribution in [0.3, 0.4) is 0 Å². The SMILES string of the molecule is CC(=O)N1CCc2c(c(N3CCCc4cc(-c5cnn(CCCCN6Cc7cc8c(cc7C6)C(=O)N(C6CCC(=O)NC6=O)C8=O)c5)c(C(F)F)cc43)nn2C2CCOCC2)C1. The van der Waals surface area contributed by atoms with Crippen molar-refractivity contribution in [2.45, 2.75) is 109 Å². The number of alkyl halides is 2. The Morgan fingerprint density at radius 3 is 2.31 bits per heavy atom. The summed E-state index contributed by atoms with van der Waals surface area (Å²) in [5.41, 5.74) is 7.43. The van der Waals surface area contributed by atoms with Crippen molar-refractivity contribution in [2.24, 2.45) is 0 Å². The number of hydrogen-bond acceptors (Lipinski definition) is 10. The lowest BCUT2D eigenvalue weighted by Gasteiger charge is -2.33. The summed E-state index contributed by atoms with van der Waals surface area (Å²) in [5, 5.41) is 12.0. The van der Waals surface area contributed by atoms with Crippen LogP contribution in [0.15, 0.2) is 36.7 Å². The standard InChI is InChI=1S/C45H49F2N9O6/c1-26(57)52-14-8-37-36(25-52)42(50-56(37)31-9-15-62-16-10-31)54-13-4-5-27-17-32(33(41(46)47)20-39(27)54)30-21-48-53(24-30)12-3-2-11-51-22-28-18-34-35(19-29(28)23-51)45(61)55(44(34)60)38-6-7-40(58)49-43(38)59/h17-21,24,31,38,41H,2-16,22-23,25H2,1H3,(H,49,58,59). The van der Waals surface area contributed by atoms with Gasteiger partial charge in [-0.1, -0.05) is 0 Å². The van der Waals surface area contributed by atoms with E-state index in [-0.39, 0.29) is 30.4 Å². The predicted octanol–water partition coefficient (Wildman–Crippen LogP) is 5.22. The van der Waals surface area contributed by atoms with Gasteiger partial charge < -0.3 is 14.5 Å². The second-order valence-corrected chi connectivity index (χ2v) is 17.4. The van der Waals surface area contributed by atoms with Crippen LogP contribution in [0, 0.1) is 0 Å². The number of halogens is 2. The van der Waals surface area contributed by atoms with Gasteiger partial charge in [0.15, 0.2) is 5.82 Å². The number of fused-ring (bicyclic) bond motifs is 4. The number of benzene rings is 2. The molecule has 0 spiro atoms. The van der Waals surface area contributed by atoms with Crippen molar-refractivity contribution in [1.82, 2.24) is 39.6 Å². The monoisotopic (exact) mass is 849 g/mol. The molecule has 5 amide bonds. The molecule has 2 aromatic heterocycles. The van der Waals surface area contributed by atoms with Crippen molar-refractivity contribution < 1.29 is 37.5 Å². The Labute approximate surface area is 356 Å². The number of anilines is 2. The van der Waals surface area contributed by atoms with E-state index in [9.17, 15) is 24.0 Å². The number of carbonyl (C=O) groups is 5. The second-order valence-electron chi connectivity index (χ2n) is 17.4. The van der Waals surface area contributed by atoms with Crippen LogP contribution in [0.4, 0.5) is 20.3 Å². The van der Waals surface area contributed by atoms with Gasteiger partial charge >= 0.3 is 0 Å². The van der Waals surface area contributed by atoms with Gasteiger partial charge in [0.1, 0.15) is 6.04 Å². The third-order valence-electron chi connectivity index (χ3n) is 13.5. The molecule has 0 bridgehead atoms. The summed E-state index contributed by atoms with van der Waals surface area (Å²) < 4.78 is 39.6. The van der Waals surface area contributed by atoms with Gasteiger partial charge in [-0.25, -0.2) is 8.78 Å². The summed E-state index contributed by atoms with van der Waals surface area (Å²) in [6.45, 7) is 7.26. The van der Waals surface area contributed by atoms with E-state index in [1.165, 1.54) is 0 Å². The van der Waals surface area contributed by atoms with Gasteiger partial charge in [-0.2, -0.15) is 10.2 Å². The molecule has 0 aliphatic carbocycles. The first-order valence-electron chi connectivity index (χ1n) is 21.8. The van der Waals surface area contributed by atoms with Crippen LogP contribution in [0.25, 0.3) is 11.1 Å². The fourth-order valence-corrected chi connectivity index (χ4v) is 10.3. The number of nitrogens with one attached hydrogen (secondary N) is 1. The number of carbonyl (C=O) groups excluding carboxylic acids is 5. The minimum Gasteiger partial charge on any atom is -0.381 e. The van der Waals surface area contributed by atoms with Crippen LogP contribution >= 0.6 is 0 Å². The molecule has 15 nitrogen and oxygen atoms in total. The first-order chi connectivity index (χ1) is 30.0. The summed E-state index contributed by atoms with van der Waals surface area (Å²) in [7, 11) is 0. The molecule has 17 heteroatoms. The molecule has 4 aromatic rings. The van der Waals surface area contributed by atoms with Crippen LogP contribution in [-0.4, -0.2) is 103 Å². The van der Waals surface area contributed by atoms with Gasteiger partial charge in [0.2, 0.25) is 17.7 Å². The molecule has 0 saturated carbocycles. The molecule has 6 aliphatic heterocycles. The smallest absolute Gasteiger partial charge is 0.264 e. The van der Waals surface area contributed by atoms with Crippen LogP contribution in [0.5, 0.6) is 0 Å². The molecule has 0 radical (unpaired) electrons. The molecule has 324 valence electrons. The topological polar surface area (TPSA) is 155 Å². The number of hydrogen-bond donors (Lipinski definition) is 1. The summed E-state index contributed by atoms with van der Waals surface area (Å²) >= 11 is 0. The summed E-state index contributed by atoms with van der Waals surface area (Å²) in [6.07, 6.45) is 6.61. The molecule has 2 aromatic carbocycles. The Hall–Kier alpha value is -5.81. The normalized spacial score (nSPS) is 20.5. The third-order valence-corrected chi connectivity index (χ3v) is 13.5. The maximum atomic E-state index is 15.0. The number of rotatable bonds is 10. The maximum absolute atomic E-state index is 15.0. The number of nitrogens with zero attached hydrogens (tertiary/aromatic N) is 8. The Kier molecular flexibility index (Phi) is 10.5. The molecule has 10 rings (SSSR count). The molecular weight excluding hydrogens is 801 g/mol. The number of aromatic nitrogens is 4. The van der Waals surface area contributed by atoms with Crippen LogP contribution < -0.4 is 10.2 Å². The number of ether oxygens (including phenoxy) is 1. The van der Waals surface area contributed by atoms with E-state index < -0.39 is 36.1 Å². The first-order valence-corrected chi connectivity index (χ1v) is 21.8. The van der Waals surface area contributed by atoms with Gasteiger partial charge in [-0.3, -0.25) is 48.5 Å². The van der Waals surface area contributed by atoms with Crippen molar-refractivity contribution in [2.75, 3.05) is 37.7 Å². The zero-order valence-corrected chi connectivity index (χ0v) is 34.7. The lowest BCUT2D eigenvalue weighted by Crippen LogP contribution is -2.54. The van der Waals surface area contributed by atoms with Gasteiger partial charge in [0.05, 0.1) is 29.9 Å². The van der Waals surface area contributed by atoms with Crippen molar-refractivity contribution in [3.05, 3.63) is 81.3 Å². The Bertz CT molecular complexity index is 2460. The van der Waals surface area contributed by atoms with Gasteiger partial charge in [0.25, 0.3) is 18.2 Å². The van der Waals surface area contributed by atoms with Gasteiger partial charge in [-0.15, -0.1) is 0 Å². The highest BCUT2D eigenvalue weighted by molar-refractivity contribution is 6.23. The molecule has 62 heavy (non-hydrogen) atoms. The van der Waals surface area contributed by atoms with Crippen molar-refractivity contribution in [3.8, 4) is 11.1 Å². The number of aryl methyl sites for hydroxylation is 2. The molecule has 2 saturated heterocycles. The highest BCUT2D eigenvalue weighted by atomic mass is 19.3. The largest absolute Gasteiger partial charge is 0.381 e. The molecular formula is C45H49F2N9O6. The van der Waals surface area contributed by atoms with Gasteiger partial charge in [0, 0.05) is 100.0 Å². The van der Waals surface area contributed by atoms with Crippen LogP contribution in [0.2, 0.25) is 0 Å². The minimum atomic E-state index is -2.71. The zero-order chi connectivity index (χ0) is 42.8. The summed E-state index contributed by atoms with van der Waals surface area (Å²) in [5.74, 6) is -1.29. The molecule has 2 fully saturated rings. The van der Waals surface area contributed by atoms with Crippen molar-refractivity contribution >= 4 is 41.0 Å². The van der Waals surface area contributed by atoms with Crippen LogP contribution in [-0.2, 0) is 58.1 Å². The highest BCUT2D eigenvalue weighted by Gasteiger charge is 2.45. The Morgan fingerprint density at radius 1 is 0.871 bits per heavy atom. The van der Waals surface area contributed by atoms with E-state index in [0.29, 0.717) is 81.2 Å². The van der Waals surface area contributed by atoms with E-state index in [1.807, 2.05) is 17.2 Å². The second kappa shape index (κ2) is 16.1. The van der Waals surface area contributed by atoms with Crippen molar-refractivity contribution in [3.63, 3.8) is 0 Å². The molecule has 1 atom stereocenters. The minimum absolute atomic E-state index is 0.00757. The first kappa shape index (κ1) is 40.3. The lowest BCUT2D eigenvalue weighted by molar-refractivity contribution is -0.136. The zero-order valence-electron chi connectivity index (χ0n) is 34.7. The fraction of sp³-hybridized carbons (Fsp3) is 0.489. The third kappa shape index (κ3) is 7.17. The number of unbranched alkanes of at least 4 members (excludes halogenated alkanes) is 1. The average molecular weight is 850 g/mol. The summed E-state index contributed by atoms with van der Waals surface area (Å²) in [4.78, 5) is 70.4. The Morgan fingerprint density at radius 2 is 1.60 bits per heavy atom. The lowest BCUT2D eigenvalue weighted by atomic mass is 9.92. The number of imide groups is 2. The highest BCUT2D eigenvalue weighted by Crippen LogP contribution is 2.44. The summed E-state index contributed by atoms with van der Waals surface area (Å²) in [6, 6.07) is 6.28. The van der Waals surface area contributed by atoms with E-state index in [2.05, 4.69) is 24.9 Å². The Balaban J connectivity index is 0.804. The predicted molar refractivity (Wildman–Crippen MR) is 221 cm³/mol. The average Bonchev–Trinajstić information content (AvgIpc) is 4.05. The molecule has 8 heterocycles. The van der Waals surface area contributed by atoms with E-state index in [0.717, 1.165) is 89.4 Å². The van der Waals surface area contributed by atoms with E-state index in [1.54, 1.807) is 36.0 Å². The fourth-order valence-electron chi connectivity index (χ4n) is 10.3.